The van der Waals surface area contributed by atoms with E-state index in [0.29, 0.717) is 31.3 Å². The van der Waals surface area contributed by atoms with E-state index in [0.717, 1.165) is 19.5 Å². The summed E-state index contributed by atoms with van der Waals surface area (Å²) in [7, 11) is 0. The first kappa shape index (κ1) is 11.9. The van der Waals surface area contributed by atoms with Crippen LogP contribution in [0.3, 0.4) is 0 Å². The van der Waals surface area contributed by atoms with Crippen molar-refractivity contribution in [3.05, 3.63) is 11.8 Å². The highest BCUT2D eigenvalue weighted by molar-refractivity contribution is 5.92. The molecule has 1 aliphatic rings. The Hall–Kier alpha value is -1.56. The van der Waals surface area contributed by atoms with Gasteiger partial charge in [-0.1, -0.05) is 12.1 Å². The van der Waals surface area contributed by atoms with Gasteiger partial charge in [-0.3, -0.25) is 4.79 Å². The highest BCUT2D eigenvalue weighted by Crippen LogP contribution is 2.16. The number of hydrogen-bond donors (Lipinski definition) is 1. The zero-order chi connectivity index (χ0) is 12.1. The molecular formula is C11H17N3O3. The minimum atomic E-state index is -0.185. The lowest BCUT2D eigenvalue weighted by atomic mass is 10.3. The summed E-state index contributed by atoms with van der Waals surface area (Å²) in [5.74, 6) is 0.449. The molecule has 0 radical (unpaired) electrons. The molecule has 0 aliphatic carbocycles. The number of nitrogens with zero attached hydrogens (tertiary/aromatic N) is 2. The van der Waals surface area contributed by atoms with Crippen LogP contribution in [0, 0.1) is 0 Å². The van der Waals surface area contributed by atoms with Gasteiger partial charge < -0.3 is 19.5 Å². The van der Waals surface area contributed by atoms with Crippen LogP contribution >= 0.6 is 0 Å². The van der Waals surface area contributed by atoms with Crippen molar-refractivity contribution < 1.29 is 14.1 Å². The molecule has 0 saturated carbocycles. The Kier molecular flexibility index (Phi) is 3.98. The van der Waals surface area contributed by atoms with Crippen LogP contribution in [0.15, 0.2) is 10.6 Å². The Morgan fingerprint density at radius 2 is 2.29 bits per heavy atom. The van der Waals surface area contributed by atoms with Crippen molar-refractivity contribution in [1.29, 1.82) is 0 Å². The maximum absolute atomic E-state index is 11.6. The number of ether oxygens (including phenoxy) is 1. The molecule has 6 heteroatoms. The number of nitrogens with one attached hydrogen (secondary N) is 1. The molecule has 0 bridgehead atoms. The molecule has 1 saturated heterocycles. The van der Waals surface area contributed by atoms with Crippen molar-refractivity contribution in [2.75, 3.05) is 37.7 Å². The Bertz CT molecular complexity index is 372. The summed E-state index contributed by atoms with van der Waals surface area (Å²) in [5, 5.41) is 6.53. The fraction of sp³-hybridized carbons (Fsp3) is 0.636. The normalized spacial score (nSPS) is 15.9. The highest BCUT2D eigenvalue weighted by atomic mass is 16.5. The van der Waals surface area contributed by atoms with E-state index in [1.807, 2.05) is 11.8 Å². The third-order valence-electron chi connectivity index (χ3n) is 2.59. The second-order valence-electron chi connectivity index (χ2n) is 3.91. The van der Waals surface area contributed by atoms with E-state index in [-0.39, 0.29) is 5.91 Å². The first-order valence-electron chi connectivity index (χ1n) is 5.89. The van der Waals surface area contributed by atoms with Crippen molar-refractivity contribution in [3.8, 4) is 0 Å². The molecule has 0 aromatic carbocycles. The second-order valence-corrected chi connectivity index (χ2v) is 3.91. The fourth-order valence-electron chi connectivity index (χ4n) is 1.63. The van der Waals surface area contributed by atoms with Gasteiger partial charge in [0.1, 0.15) is 0 Å². The number of amides is 1. The van der Waals surface area contributed by atoms with Crippen molar-refractivity contribution in [2.24, 2.45) is 0 Å². The predicted molar refractivity (Wildman–Crippen MR) is 62.2 cm³/mol. The summed E-state index contributed by atoms with van der Waals surface area (Å²) in [4.78, 5) is 13.6. The minimum absolute atomic E-state index is 0.185. The SMILES string of the molecule is CCCNC(=O)c1cc(N2CCOCC2)on1. The molecule has 2 rings (SSSR count). The Labute approximate surface area is 99.9 Å². The Morgan fingerprint density at radius 3 is 3.00 bits per heavy atom. The van der Waals surface area contributed by atoms with E-state index >= 15 is 0 Å². The number of morpholine rings is 1. The van der Waals surface area contributed by atoms with Crippen LogP contribution in [-0.4, -0.2) is 43.9 Å². The highest BCUT2D eigenvalue weighted by Gasteiger charge is 2.18. The fourth-order valence-corrected chi connectivity index (χ4v) is 1.63. The van der Waals surface area contributed by atoms with Gasteiger partial charge in [-0.15, -0.1) is 0 Å². The molecular weight excluding hydrogens is 222 g/mol. The van der Waals surface area contributed by atoms with E-state index in [2.05, 4.69) is 10.5 Å². The number of hydrogen-bond acceptors (Lipinski definition) is 5. The van der Waals surface area contributed by atoms with Gasteiger partial charge >= 0.3 is 0 Å². The maximum Gasteiger partial charge on any atom is 0.273 e. The van der Waals surface area contributed by atoms with Gasteiger partial charge in [0.25, 0.3) is 5.91 Å². The van der Waals surface area contributed by atoms with Gasteiger partial charge in [0.05, 0.1) is 13.2 Å². The van der Waals surface area contributed by atoms with Crippen LogP contribution in [0.4, 0.5) is 5.88 Å². The summed E-state index contributed by atoms with van der Waals surface area (Å²) in [5.41, 5.74) is 0.333. The first-order chi connectivity index (χ1) is 8.31. The molecule has 1 aliphatic heterocycles. The molecule has 1 aromatic rings. The zero-order valence-corrected chi connectivity index (χ0v) is 9.94. The average molecular weight is 239 g/mol. The van der Waals surface area contributed by atoms with Crippen LogP contribution in [0.5, 0.6) is 0 Å². The summed E-state index contributed by atoms with van der Waals surface area (Å²) in [6.45, 7) is 5.55. The molecule has 94 valence electrons. The molecule has 0 atom stereocenters. The monoisotopic (exact) mass is 239 g/mol. The van der Waals surface area contributed by atoms with Crippen LogP contribution < -0.4 is 10.2 Å². The summed E-state index contributed by atoms with van der Waals surface area (Å²) in [6, 6.07) is 1.68. The van der Waals surface area contributed by atoms with Gasteiger partial charge in [-0.2, -0.15) is 0 Å². The van der Waals surface area contributed by atoms with Crippen LogP contribution in [-0.2, 0) is 4.74 Å². The number of carbonyl (C=O) groups excluding carboxylic acids is 1. The molecule has 1 amide bonds. The molecule has 1 aromatic heterocycles. The molecule has 1 fully saturated rings. The number of anilines is 1. The predicted octanol–water partition coefficient (Wildman–Crippen LogP) is 0.651. The zero-order valence-electron chi connectivity index (χ0n) is 9.94. The molecule has 0 spiro atoms. The van der Waals surface area contributed by atoms with Crippen molar-refractivity contribution in [3.63, 3.8) is 0 Å². The Morgan fingerprint density at radius 1 is 1.53 bits per heavy atom. The van der Waals surface area contributed by atoms with Crippen LogP contribution in [0.2, 0.25) is 0 Å². The molecule has 17 heavy (non-hydrogen) atoms. The van der Waals surface area contributed by atoms with Crippen molar-refractivity contribution in [1.82, 2.24) is 10.5 Å². The smallest absolute Gasteiger partial charge is 0.273 e. The van der Waals surface area contributed by atoms with Crippen LogP contribution in [0.1, 0.15) is 23.8 Å². The average Bonchev–Trinajstić information content (AvgIpc) is 2.86. The first-order valence-corrected chi connectivity index (χ1v) is 5.89. The molecule has 6 nitrogen and oxygen atoms in total. The summed E-state index contributed by atoms with van der Waals surface area (Å²) in [6.07, 6.45) is 0.903. The summed E-state index contributed by atoms with van der Waals surface area (Å²) < 4.78 is 10.4. The molecule has 2 heterocycles. The van der Waals surface area contributed by atoms with Crippen molar-refractivity contribution >= 4 is 11.8 Å². The number of rotatable bonds is 4. The number of aromatic nitrogens is 1. The van der Waals surface area contributed by atoms with Crippen LogP contribution in [0.25, 0.3) is 0 Å². The molecule has 1 N–H and O–H groups in total. The lowest BCUT2D eigenvalue weighted by molar-refractivity contribution is 0.0944. The second kappa shape index (κ2) is 5.67. The lowest BCUT2D eigenvalue weighted by Crippen LogP contribution is -2.35. The topological polar surface area (TPSA) is 67.6 Å². The van der Waals surface area contributed by atoms with Gasteiger partial charge in [0.15, 0.2) is 5.69 Å². The third-order valence-corrected chi connectivity index (χ3v) is 2.59. The van der Waals surface area contributed by atoms with Gasteiger partial charge in [-0.05, 0) is 6.42 Å². The minimum Gasteiger partial charge on any atom is -0.378 e. The van der Waals surface area contributed by atoms with Gasteiger partial charge in [0, 0.05) is 25.7 Å². The van der Waals surface area contributed by atoms with Gasteiger partial charge in [0.2, 0.25) is 5.88 Å². The molecule has 0 unspecified atom stereocenters. The largest absolute Gasteiger partial charge is 0.378 e. The van der Waals surface area contributed by atoms with E-state index in [1.165, 1.54) is 0 Å². The van der Waals surface area contributed by atoms with Gasteiger partial charge in [-0.25, -0.2) is 0 Å². The lowest BCUT2D eigenvalue weighted by Gasteiger charge is -2.25. The Balaban J connectivity index is 1.97. The van der Waals surface area contributed by atoms with E-state index < -0.39 is 0 Å². The summed E-state index contributed by atoms with van der Waals surface area (Å²) >= 11 is 0. The van der Waals surface area contributed by atoms with Crippen molar-refractivity contribution in [2.45, 2.75) is 13.3 Å². The van der Waals surface area contributed by atoms with E-state index in [1.54, 1.807) is 6.07 Å². The standard InChI is InChI=1S/C11H17N3O3/c1-2-3-12-11(15)9-8-10(17-13-9)14-4-6-16-7-5-14/h8H,2-7H2,1H3,(H,12,15). The van der Waals surface area contributed by atoms with E-state index in [4.69, 9.17) is 9.26 Å². The quantitative estimate of drug-likeness (QED) is 0.835. The maximum atomic E-state index is 11.6. The third kappa shape index (κ3) is 2.97. The van der Waals surface area contributed by atoms with E-state index in [9.17, 15) is 4.79 Å². The number of carbonyl (C=O) groups is 1.